The largest absolute Gasteiger partial charge is 0.350 e. The Bertz CT molecular complexity index is 458. The Hall–Kier alpha value is -1.95. The fourth-order valence-corrected chi connectivity index (χ4v) is 1.44. The van der Waals surface area contributed by atoms with Crippen LogP contribution < -0.4 is 11.1 Å². The van der Waals surface area contributed by atoms with Crippen molar-refractivity contribution in [1.82, 2.24) is 5.32 Å². The lowest BCUT2D eigenvalue weighted by Gasteiger charge is -2.24. The third-order valence-corrected chi connectivity index (χ3v) is 2.47. The van der Waals surface area contributed by atoms with E-state index < -0.39 is 10.5 Å². The van der Waals surface area contributed by atoms with E-state index in [9.17, 15) is 14.9 Å². The molecule has 0 spiro atoms. The molecule has 0 saturated heterocycles. The van der Waals surface area contributed by atoms with Crippen molar-refractivity contribution < 1.29 is 9.72 Å². The third kappa shape index (κ3) is 4.14. The maximum absolute atomic E-state index is 11.7. The SMILES string of the molecule is CC(C)(CN)NC(=O)Cc1cccc([N+](=O)[O-])c1. The van der Waals surface area contributed by atoms with Crippen LogP contribution in [0.3, 0.4) is 0 Å². The normalized spacial score (nSPS) is 11.1. The van der Waals surface area contributed by atoms with Gasteiger partial charge in [0.1, 0.15) is 0 Å². The number of nitrogens with one attached hydrogen (secondary N) is 1. The Balaban J connectivity index is 2.70. The van der Waals surface area contributed by atoms with Gasteiger partial charge in [-0.25, -0.2) is 0 Å². The fraction of sp³-hybridized carbons (Fsp3) is 0.417. The molecule has 0 aliphatic heterocycles. The van der Waals surface area contributed by atoms with Crippen LogP contribution in [0.1, 0.15) is 19.4 Å². The summed E-state index contributed by atoms with van der Waals surface area (Å²) in [7, 11) is 0. The molecule has 3 N–H and O–H groups in total. The highest BCUT2D eigenvalue weighted by molar-refractivity contribution is 5.79. The number of carbonyl (C=O) groups excluding carboxylic acids is 1. The van der Waals surface area contributed by atoms with E-state index in [1.165, 1.54) is 12.1 Å². The van der Waals surface area contributed by atoms with Crippen LogP contribution in [0, 0.1) is 10.1 Å². The van der Waals surface area contributed by atoms with E-state index >= 15 is 0 Å². The van der Waals surface area contributed by atoms with Crippen molar-refractivity contribution in [3.05, 3.63) is 39.9 Å². The molecule has 0 radical (unpaired) electrons. The lowest BCUT2D eigenvalue weighted by Crippen LogP contribution is -2.49. The minimum absolute atomic E-state index is 0.0154. The van der Waals surface area contributed by atoms with Crippen molar-refractivity contribution in [2.24, 2.45) is 5.73 Å². The summed E-state index contributed by atoms with van der Waals surface area (Å²) in [6, 6.07) is 6.04. The van der Waals surface area contributed by atoms with Crippen molar-refractivity contribution in [3.8, 4) is 0 Å². The van der Waals surface area contributed by atoms with Gasteiger partial charge in [0.15, 0.2) is 0 Å². The summed E-state index contributed by atoms with van der Waals surface area (Å²) in [6.07, 6.45) is 0.102. The van der Waals surface area contributed by atoms with Crippen molar-refractivity contribution in [2.45, 2.75) is 25.8 Å². The van der Waals surface area contributed by atoms with Crippen LogP contribution in [0.5, 0.6) is 0 Å². The zero-order valence-electron chi connectivity index (χ0n) is 10.5. The molecule has 1 rings (SSSR count). The highest BCUT2D eigenvalue weighted by atomic mass is 16.6. The molecular weight excluding hydrogens is 234 g/mol. The molecule has 0 aliphatic rings. The maximum Gasteiger partial charge on any atom is 0.269 e. The van der Waals surface area contributed by atoms with E-state index in [4.69, 9.17) is 5.73 Å². The average Bonchev–Trinajstić information content (AvgIpc) is 2.28. The number of benzene rings is 1. The zero-order chi connectivity index (χ0) is 13.8. The number of non-ortho nitro benzene ring substituents is 1. The first-order chi connectivity index (χ1) is 8.34. The number of nitrogens with zero attached hydrogens (tertiary/aromatic N) is 1. The molecule has 6 nitrogen and oxygen atoms in total. The second kappa shape index (κ2) is 5.59. The molecule has 0 bridgehead atoms. The molecule has 0 saturated carbocycles. The van der Waals surface area contributed by atoms with Gasteiger partial charge in [0.25, 0.3) is 5.69 Å². The third-order valence-electron chi connectivity index (χ3n) is 2.47. The van der Waals surface area contributed by atoms with Crippen LogP contribution in [0.25, 0.3) is 0 Å². The van der Waals surface area contributed by atoms with E-state index in [2.05, 4.69) is 5.32 Å². The number of nitro groups is 1. The molecule has 0 aliphatic carbocycles. The van der Waals surface area contributed by atoms with Crippen LogP contribution >= 0.6 is 0 Å². The van der Waals surface area contributed by atoms with E-state index in [0.29, 0.717) is 12.1 Å². The first kappa shape index (κ1) is 14.1. The molecule has 0 fully saturated rings. The molecular formula is C12H17N3O3. The van der Waals surface area contributed by atoms with Crippen LogP contribution in [0.15, 0.2) is 24.3 Å². The monoisotopic (exact) mass is 251 g/mol. The minimum Gasteiger partial charge on any atom is -0.350 e. The second-order valence-corrected chi connectivity index (χ2v) is 4.74. The number of carbonyl (C=O) groups is 1. The number of nitro benzene ring substituents is 1. The highest BCUT2D eigenvalue weighted by Crippen LogP contribution is 2.13. The molecule has 6 heteroatoms. The van der Waals surface area contributed by atoms with Gasteiger partial charge in [0, 0.05) is 24.2 Å². The predicted octanol–water partition coefficient (Wildman–Crippen LogP) is 0.991. The van der Waals surface area contributed by atoms with Gasteiger partial charge in [-0.3, -0.25) is 14.9 Å². The molecule has 1 aromatic carbocycles. The maximum atomic E-state index is 11.7. The number of nitrogens with two attached hydrogens (primary N) is 1. The quantitative estimate of drug-likeness (QED) is 0.602. The van der Waals surface area contributed by atoms with E-state index in [1.807, 2.05) is 13.8 Å². The van der Waals surface area contributed by atoms with Gasteiger partial charge in [-0.1, -0.05) is 12.1 Å². The van der Waals surface area contributed by atoms with E-state index in [0.717, 1.165) is 0 Å². The smallest absolute Gasteiger partial charge is 0.269 e. The Labute approximate surface area is 105 Å². The van der Waals surface area contributed by atoms with Crippen LogP contribution in [0.4, 0.5) is 5.69 Å². The molecule has 0 heterocycles. The second-order valence-electron chi connectivity index (χ2n) is 4.74. The number of hydrogen-bond acceptors (Lipinski definition) is 4. The molecule has 98 valence electrons. The van der Waals surface area contributed by atoms with Gasteiger partial charge in [-0.05, 0) is 19.4 Å². The van der Waals surface area contributed by atoms with Crippen LogP contribution in [0.2, 0.25) is 0 Å². The fourth-order valence-electron chi connectivity index (χ4n) is 1.44. The number of rotatable bonds is 5. The molecule has 18 heavy (non-hydrogen) atoms. The summed E-state index contributed by atoms with van der Waals surface area (Å²) in [6.45, 7) is 3.96. The Morgan fingerprint density at radius 3 is 2.72 bits per heavy atom. The van der Waals surface area contributed by atoms with Gasteiger partial charge in [0.05, 0.1) is 11.3 Å². The van der Waals surface area contributed by atoms with Crippen LogP contribution in [-0.2, 0) is 11.2 Å². The topological polar surface area (TPSA) is 98.3 Å². The van der Waals surface area contributed by atoms with Crippen LogP contribution in [-0.4, -0.2) is 22.9 Å². The molecule has 1 amide bonds. The zero-order valence-corrected chi connectivity index (χ0v) is 10.5. The number of hydrogen-bond donors (Lipinski definition) is 2. The van der Waals surface area contributed by atoms with Crippen molar-refractivity contribution in [3.63, 3.8) is 0 Å². The first-order valence-electron chi connectivity index (χ1n) is 5.58. The van der Waals surface area contributed by atoms with Gasteiger partial charge < -0.3 is 11.1 Å². The molecule has 1 aromatic rings. The lowest BCUT2D eigenvalue weighted by molar-refractivity contribution is -0.384. The summed E-state index contributed by atoms with van der Waals surface area (Å²) in [5.41, 5.74) is 5.62. The predicted molar refractivity (Wildman–Crippen MR) is 68.1 cm³/mol. The summed E-state index contributed by atoms with van der Waals surface area (Å²) in [5, 5.41) is 13.4. The Morgan fingerprint density at radius 2 is 2.17 bits per heavy atom. The summed E-state index contributed by atoms with van der Waals surface area (Å²) < 4.78 is 0. The summed E-state index contributed by atoms with van der Waals surface area (Å²) >= 11 is 0. The Morgan fingerprint density at radius 1 is 1.50 bits per heavy atom. The van der Waals surface area contributed by atoms with Gasteiger partial charge in [-0.15, -0.1) is 0 Å². The van der Waals surface area contributed by atoms with E-state index in [-0.39, 0.29) is 18.0 Å². The highest BCUT2D eigenvalue weighted by Gasteiger charge is 2.18. The molecule has 0 aromatic heterocycles. The van der Waals surface area contributed by atoms with Crippen molar-refractivity contribution >= 4 is 11.6 Å². The summed E-state index contributed by atoms with van der Waals surface area (Å²) in [4.78, 5) is 21.9. The Kier molecular flexibility index (Phi) is 4.38. The lowest BCUT2D eigenvalue weighted by atomic mass is 10.0. The number of amides is 1. The average molecular weight is 251 g/mol. The molecule has 0 atom stereocenters. The van der Waals surface area contributed by atoms with Gasteiger partial charge in [0.2, 0.25) is 5.91 Å². The standard InChI is InChI=1S/C12H17N3O3/c1-12(2,8-13)14-11(16)7-9-4-3-5-10(6-9)15(17)18/h3-6H,7-8,13H2,1-2H3,(H,14,16). The first-order valence-corrected chi connectivity index (χ1v) is 5.58. The van der Waals surface area contributed by atoms with Crippen molar-refractivity contribution in [2.75, 3.05) is 6.54 Å². The van der Waals surface area contributed by atoms with E-state index in [1.54, 1.807) is 12.1 Å². The van der Waals surface area contributed by atoms with Gasteiger partial charge in [-0.2, -0.15) is 0 Å². The van der Waals surface area contributed by atoms with Gasteiger partial charge >= 0.3 is 0 Å². The minimum atomic E-state index is -0.481. The molecule has 0 unspecified atom stereocenters. The summed E-state index contributed by atoms with van der Waals surface area (Å²) in [5.74, 6) is -0.203. The van der Waals surface area contributed by atoms with Crippen molar-refractivity contribution in [1.29, 1.82) is 0 Å².